The molecular weight excluding hydrogens is 300 g/mol. The maximum Gasteiger partial charge on any atom is 0.220 e. The molecule has 0 saturated carbocycles. The van der Waals surface area contributed by atoms with Crippen molar-refractivity contribution in [3.05, 3.63) is 29.6 Å². The van der Waals surface area contributed by atoms with Crippen LogP contribution in [0.5, 0.6) is 0 Å². The first-order chi connectivity index (χ1) is 11.6. The normalized spacial score (nSPS) is 17.1. The number of carbonyl (C=O) groups is 1. The molecule has 1 aromatic heterocycles. The number of nitrogens with one attached hydrogen (secondary N) is 2. The van der Waals surface area contributed by atoms with Crippen molar-refractivity contribution < 1.29 is 4.79 Å². The molecule has 3 rings (SSSR count). The molecule has 1 atom stereocenters. The van der Waals surface area contributed by atoms with E-state index in [1.54, 1.807) is 0 Å². The number of H-pyrrole nitrogens is 1. The van der Waals surface area contributed by atoms with Crippen LogP contribution in [0.3, 0.4) is 0 Å². The lowest BCUT2D eigenvalue weighted by molar-refractivity contribution is -0.121. The minimum absolute atomic E-state index is 0.0970. The lowest BCUT2D eigenvalue weighted by Crippen LogP contribution is -2.32. The molecule has 0 aliphatic carbocycles. The largest absolute Gasteiger partial charge is 0.346 e. The highest BCUT2D eigenvalue weighted by molar-refractivity contribution is 5.77. The van der Waals surface area contributed by atoms with Gasteiger partial charge in [-0.2, -0.15) is 0 Å². The fraction of sp³-hybridized carbons (Fsp3) is 0.579. The van der Waals surface area contributed by atoms with Gasteiger partial charge in [0.25, 0.3) is 0 Å². The van der Waals surface area contributed by atoms with Gasteiger partial charge in [0.2, 0.25) is 5.91 Å². The lowest BCUT2D eigenvalue weighted by Gasteiger charge is -2.26. The Morgan fingerprint density at radius 3 is 2.92 bits per heavy atom. The van der Waals surface area contributed by atoms with Crippen molar-refractivity contribution in [1.82, 2.24) is 20.2 Å². The number of hydrogen-bond acceptors (Lipinski definition) is 3. The van der Waals surface area contributed by atoms with Crippen LogP contribution in [0.2, 0.25) is 0 Å². The molecule has 0 radical (unpaired) electrons. The first-order valence-electron chi connectivity index (χ1n) is 9.10. The van der Waals surface area contributed by atoms with Gasteiger partial charge < -0.3 is 15.2 Å². The van der Waals surface area contributed by atoms with Crippen molar-refractivity contribution in [2.45, 2.75) is 52.0 Å². The molecule has 2 N–H and O–H groups in total. The maximum absolute atomic E-state index is 12.2. The summed E-state index contributed by atoms with van der Waals surface area (Å²) in [5.41, 5.74) is 3.17. The lowest BCUT2D eigenvalue weighted by atomic mass is 10.1. The zero-order chi connectivity index (χ0) is 16.9. The highest BCUT2D eigenvalue weighted by Crippen LogP contribution is 2.17. The summed E-state index contributed by atoms with van der Waals surface area (Å²) in [5, 5.41) is 3.06. The second kappa shape index (κ2) is 7.79. The van der Waals surface area contributed by atoms with Gasteiger partial charge in [-0.3, -0.25) is 4.79 Å². The Labute approximate surface area is 143 Å². The molecule has 1 aliphatic heterocycles. The first-order valence-corrected chi connectivity index (χ1v) is 9.10. The third-order valence-electron chi connectivity index (χ3n) is 4.77. The van der Waals surface area contributed by atoms with Gasteiger partial charge in [-0.25, -0.2) is 4.98 Å². The Kier molecular flexibility index (Phi) is 5.51. The number of hydrogen-bond donors (Lipinski definition) is 2. The number of nitrogens with zero attached hydrogens (tertiary/aromatic N) is 2. The monoisotopic (exact) mass is 328 g/mol. The molecule has 1 saturated heterocycles. The fourth-order valence-electron chi connectivity index (χ4n) is 3.38. The standard InChI is InChI=1S/C19H28N4O/c1-14-8-9-16-17(13-14)22-19(21-16)15(2)20-18(24)7-6-12-23-10-4-3-5-11-23/h8-9,13,15H,3-7,10-12H2,1-2H3,(H,20,24)(H,21,22)/t15-/m1/s1. The molecular formula is C19H28N4O. The van der Waals surface area contributed by atoms with E-state index in [0.29, 0.717) is 6.42 Å². The molecule has 1 aromatic carbocycles. The number of rotatable bonds is 6. The fourth-order valence-corrected chi connectivity index (χ4v) is 3.38. The van der Waals surface area contributed by atoms with E-state index in [4.69, 9.17) is 0 Å². The number of likely N-dealkylation sites (tertiary alicyclic amines) is 1. The van der Waals surface area contributed by atoms with Crippen LogP contribution < -0.4 is 5.32 Å². The first kappa shape index (κ1) is 17.0. The summed E-state index contributed by atoms with van der Waals surface area (Å²) in [7, 11) is 0. The van der Waals surface area contributed by atoms with E-state index in [9.17, 15) is 4.79 Å². The molecule has 0 bridgehead atoms. The molecule has 1 fully saturated rings. The third kappa shape index (κ3) is 4.35. The van der Waals surface area contributed by atoms with Gasteiger partial charge in [0.1, 0.15) is 5.82 Å². The van der Waals surface area contributed by atoms with Crippen LogP contribution in [0.25, 0.3) is 11.0 Å². The van der Waals surface area contributed by atoms with Gasteiger partial charge >= 0.3 is 0 Å². The number of benzene rings is 1. The van der Waals surface area contributed by atoms with Crippen LogP contribution >= 0.6 is 0 Å². The molecule has 2 heterocycles. The Balaban J connectivity index is 1.47. The molecule has 5 nitrogen and oxygen atoms in total. The van der Waals surface area contributed by atoms with Crippen LogP contribution in [-0.2, 0) is 4.79 Å². The Morgan fingerprint density at radius 1 is 1.33 bits per heavy atom. The number of aromatic amines is 1. The maximum atomic E-state index is 12.2. The quantitative estimate of drug-likeness (QED) is 0.855. The summed E-state index contributed by atoms with van der Waals surface area (Å²) in [6.07, 6.45) is 5.47. The van der Waals surface area contributed by atoms with Crippen molar-refractivity contribution >= 4 is 16.9 Å². The highest BCUT2D eigenvalue weighted by Gasteiger charge is 2.15. The predicted molar refractivity (Wildman–Crippen MR) is 96.9 cm³/mol. The minimum Gasteiger partial charge on any atom is -0.346 e. The van der Waals surface area contributed by atoms with Crippen molar-refractivity contribution in [3.8, 4) is 0 Å². The SMILES string of the molecule is Cc1ccc2nc([C@@H](C)NC(=O)CCCN3CCCCC3)[nH]c2c1. The van der Waals surface area contributed by atoms with E-state index in [0.717, 1.165) is 29.8 Å². The summed E-state index contributed by atoms with van der Waals surface area (Å²) in [4.78, 5) is 22.5. The number of amides is 1. The smallest absolute Gasteiger partial charge is 0.220 e. The van der Waals surface area contributed by atoms with Gasteiger partial charge in [-0.15, -0.1) is 0 Å². The average molecular weight is 328 g/mol. The number of fused-ring (bicyclic) bond motifs is 1. The molecule has 0 unspecified atom stereocenters. The number of imidazole rings is 1. The molecule has 2 aromatic rings. The van der Waals surface area contributed by atoms with Crippen molar-refractivity contribution in [3.63, 3.8) is 0 Å². The van der Waals surface area contributed by atoms with Gasteiger partial charge in [-0.05, 0) is 70.4 Å². The van der Waals surface area contributed by atoms with Gasteiger partial charge in [0.05, 0.1) is 17.1 Å². The second-order valence-electron chi connectivity index (χ2n) is 6.94. The second-order valence-corrected chi connectivity index (χ2v) is 6.94. The van der Waals surface area contributed by atoms with Gasteiger partial charge in [0, 0.05) is 6.42 Å². The summed E-state index contributed by atoms with van der Waals surface area (Å²) in [6, 6.07) is 6.05. The predicted octanol–water partition coefficient (Wildman–Crippen LogP) is 3.31. The third-order valence-corrected chi connectivity index (χ3v) is 4.77. The van der Waals surface area contributed by atoms with Crippen LogP contribution in [0.1, 0.15) is 56.5 Å². The van der Waals surface area contributed by atoms with Gasteiger partial charge in [0.15, 0.2) is 0 Å². The Hall–Kier alpha value is -1.88. The van der Waals surface area contributed by atoms with Crippen LogP contribution in [0.15, 0.2) is 18.2 Å². The molecule has 24 heavy (non-hydrogen) atoms. The van der Waals surface area contributed by atoms with Crippen molar-refractivity contribution in [2.24, 2.45) is 0 Å². The molecule has 5 heteroatoms. The number of carbonyl (C=O) groups excluding carboxylic acids is 1. The van der Waals surface area contributed by atoms with Crippen LogP contribution in [-0.4, -0.2) is 40.4 Å². The summed E-state index contributed by atoms with van der Waals surface area (Å²) >= 11 is 0. The number of piperidine rings is 1. The topological polar surface area (TPSA) is 61.0 Å². The van der Waals surface area contributed by atoms with Crippen LogP contribution in [0.4, 0.5) is 0 Å². The zero-order valence-electron chi connectivity index (χ0n) is 14.8. The molecule has 1 aliphatic rings. The van der Waals surface area contributed by atoms with E-state index >= 15 is 0 Å². The van der Waals surface area contributed by atoms with E-state index in [1.165, 1.54) is 37.9 Å². The zero-order valence-corrected chi connectivity index (χ0v) is 14.8. The number of aromatic nitrogens is 2. The van der Waals surface area contributed by atoms with Gasteiger partial charge in [-0.1, -0.05) is 12.5 Å². The molecule has 0 spiro atoms. The molecule has 1 amide bonds. The van der Waals surface area contributed by atoms with E-state index in [1.807, 2.05) is 13.0 Å². The Bertz CT molecular complexity index is 688. The minimum atomic E-state index is -0.0970. The van der Waals surface area contributed by atoms with E-state index < -0.39 is 0 Å². The van der Waals surface area contributed by atoms with E-state index in [2.05, 4.69) is 39.2 Å². The Morgan fingerprint density at radius 2 is 2.12 bits per heavy atom. The van der Waals surface area contributed by atoms with Crippen LogP contribution in [0, 0.1) is 6.92 Å². The summed E-state index contributed by atoms with van der Waals surface area (Å²) < 4.78 is 0. The summed E-state index contributed by atoms with van der Waals surface area (Å²) in [5.74, 6) is 0.927. The molecule has 130 valence electrons. The van der Waals surface area contributed by atoms with E-state index in [-0.39, 0.29) is 11.9 Å². The highest BCUT2D eigenvalue weighted by atomic mass is 16.1. The number of aryl methyl sites for hydroxylation is 1. The average Bonchev–Trinajstić information content (AvgIpc) is 2.99. The van der Waals surface area contributed by atoms with Crippen molar-refractivity contribution in [2.75, 3.05) is 19.6 Å². The summed E-state index contributed by atoms with van der Waals surface area (Å²) in [6.45, 7) is 7.46. The van der Waals surface area contributed by atoms with Crippen molar-refractivity contribution in [1.29, 1.82) is 0 Å².